The maximum Gasteiger partial charge on any atom is 0.408 e. The molecule has 2 aromatic rings. The molecule has 212 valence electrons. The van der Waals surface area contributed by atoms with Crippen LogP contribution in [-0.4, -0.2) is 47.6 Å². The largest absolute Gasteiger partial charge is 0.497 e. The Morgan fingerprint density at radius 1 is 1.00 bits per heavy atom. The van der Waals surface area contributed by atoms with E-state index in [1.54, 1.807) is 57.0 Å². The van der Waals surface area contributed by atoms with Crippen molar-refractivity contribution in [3.05, 3.63) is 59.2 Å². The van der Waals surface area contributed by atoms with E-state index in [2.05, 4.69) is 10.6 Å². The molecule has 1 aliphatic rings. The summed E-state index contributed by atoms with van der Waals surface area (Å²) in [4.78, 5) is 42.8. The molecule has 0 aliphatic heterocycles. The number of nitrogens with zero attached hydrogens (tertiary/aromatic N) is 1. The van der Waals surface area contributed by atoms with E-state index in [9.17, 15) is 14.4 Å². The van der Waals surface area contributed by atoms with E-state index < -0.39 is 23.8 Å². The summed E-state index contributed by atoms with van der Waals surface area (Å²) in [5, 5.41) is 5.82. The molecule has 0 spiro atoms. The van der Waals surface area contributed by atoms with Gasteiger partial charge in [0.1, 0.15) is 23.4 Å². The Balaban J connectivity index is 2.03. The molecule has 3 amide bonds. The van der Waals surface area contributed by atoms with Gasteiger partial charge < -0.3 is 25.0 Å². The highest BCUT2D eigenvalue weighted by Gasteiger charge is 2.45. The molecule has 2 N–H and O–H groups in total. The maximum absolute atomic E-state index is 14.3. The third-order valence-electron chi connectivity index (χ3n) is 6.59. The molecule has 3 rings (SSSR count). The normalized spacial score (nSPS) is 14.8. The van der Waals surface area contributed by atoms with Crippen LogP contribution in [0, 0.1) is 19.8 Å². The van der Waals surface area contributed by atoms with E-state index in [0.717, 1.165) is 29.5 Å². The number of amides is 3. The molecule has 2 aromatic carbocycles. The van der Waals surface area contributed by atoms with E-state index in [1.165, 1.54) is 0 Å². The van der Waals surface area contributed by atoms with Gasteiger partial charge in [-0.25, -0.2) is 4.79 Å². The van der Waals surface area contributed by atoms with Gasteiger partial charge in [-0.2, -0.15) is 0 Å². The third kappa shape index (κ3) is 8.22. The van der Waals surface area contributed by atoms with Crippen LogP contribution in [0.15, 0.2) is 42.5 Å². The number of alkyl carbamates (subject to hydrolysis) is 1. The molecular formula is C31H43N3O5. The summed E-state index contributed by atoms with van der Waals surface area (Å²) in [5.74, 6) is 0.216. The first kappa shape index (κ1) is 30.0. The molecule has 1 saturated carbocycles. The topological polar surface area (TPSA) is 97.0 Å². The van der Waals surface area contributed by atoms with Gasteiger partial charge in [0, 0.05) is 11.7 Å². The zero-order valence-electron chi connectivity index (χ0n) is 24.5. The highest BCUT2D eigenvalue weighted by Crippen LogP contribution is 2.38. The number of nitrogens with one attached hydrogen (secondary N) is 2. The molecule has 1 fully saturated rings. The standard InChI is InChI=1S/C31H43N3O5/c1-19(2)18-25(33-30(37)39-31(5,6)7)29(36)34(23-14-15-23)27(26-20(3)10-9-11-21(26)4)28(35)32-22-12-16-24(38-8)17-13-22/h9-13,16-17,19,23,25,27H,14-15,18H2,1-8H3,(H,32,35)(H,33,37). The van der Waals surface area contributed by atoms with Gasteiger partial charge in [0.15, 0.2) is 0 Å². The lowest BCUT2D eigenvalue weighted by Gasteiger charge is -2.36. The van der Waals surface area contributed by atoms with E-state index in [4.69, 9.17) is 9.47 Å². The molecule has 1 aliphatic carbocycles. The molecule has 0 saturated heterocycles. The predicted molar refractivity (Wildman–Crippen MR) is 153 cm³/mol. The lowest BCUT2D eigenvalue weighted by atomic mass is 9.92. The van der Waals surface area contributed by atoms with Gasteiger partial charge in [-0.05, 0) is 101 Å². The average Bonchev–Trinajstić information content (AvgIpc) is 3.66. The Kier molecular flexibility index (Phi) is 9.64. The minimum Gasteiger partial charge on any atom is -0.497 e. The Morgan fingerprint density at radius 3 is 2.08 bits per heavy atom. The van der Waals surface area contributed by atoms with Crippen LogP contribution in [0.1, 0.15) is 76.6 Å². The number of anilines is 1. The number of methoxy groups -OCH3 is 1. The van der Waals surface area contributed by atoms with Gasteiger partial charge in [-0.1, -0.05) is 32.0 Å². The summed E-state index contributed by atoms with van der Waals surface area (Å²) in [6.45, 7) is 13.2. The summed E-state index contributed by atoms with van der Waals surface area (Å²) in [5.41, 5.74) is 2.54. The molecule has 2 atom stereocenters. The van der Waals surface area contributed by atoms with Gasteiger partial charge >= 0.3 is 6.09 Å². The highest BCUT2D eigenvalue weighted by molar-refractivity contribution is 5.99. The summed E-state index contributed by atoms with van der Waals surface area (Å²) >= 11 is 0. The van der Waals surface area contributed by atoms with Crippen molar-refractivity contribution in [2.45, 2.75) is 91.5 Å². The monoisotopic (exact) mass is 537 g/mol. The zero-order chi connectivity index (χ0) is 28.9. The predicted octanol–water partition coefficient (Wildman–Crippen LogP) is 5.92. The minimum absolute atomic E-state index is 0.0989. The fraction of sp³-hybridized carbons (Fsp3) is 0.516. The maximum atomic E-state index is 14.3. The Labute approximate surface area is 232 Å². The first-order valence-electron chi connectivity index (χ1n) is 13.6. The van der Waals surface area contributed by atoms with Crippen LogP contribution in [-0.2, 0) is 14.3 Å². The first-order chi connectivity index (χ1) is 18.3. The first-order valence-corrected chi connectivity index (χ1v) is 13.6. The summed E-state index contributed by atoms with van der Waals surface area (Å²) < 4.78 is 10.7. The van der Waals surface area contributed by atoms with Crippen LogP contribution in [0.2, 0.25) is 0 Å². The van der Waals surface area contributed by atoms with E-state index in [0.29, 0.717) is 17.9 Å². The molecule has 2 unspecified atom stereocenters. The van der Waals surface area contributed by atoms with Crippen molar-refractivity contribution >= 4 is 23.6 Å². The quantitative estimate of drug-likeness (QED) is 0.392. The van der Waals surface area contributed by atoms with E-state index in [1.807, 2.05) is 45.9 Å². The Morgan fingerprint density at radius 2 is 1.59 bits per heavy atom. The lowest BCUT2D eigenvalue weighted by Crippen LogP contribution is -2.53. The van der Waals surface area contributed by atoms with Gasteiger partial charge in [-0.3, -0.25) is 9.59 Å². The fourth-order valence-electron chi connectivity index (χ4n) is 4.73. The second kappa shape index (κ2) is 12.5. The Bertz CT molecular complexity index is 1150. The van der Waals surface area contributed by atoms with Crippen LogP contribution in [0.3, 0.4) is 0 Å². The number of carbonyl (C=O) groups excluding carboxylic acids is 3. The van der Waals surface area contributed by atoms with Crippen molar-refractivity contribution in [1.82, 2.24) is 10.2 Å². The molecule has 8 heteroatoms. The van der Waals surface area contributed by atoms with Crippen molar-refractivity contribution in [2.24, 2.45) is 5.92 Å². The van der Waals surface area contributed by atoms with Crippen molar-refractivity contribution < 1.29 is 23.9 Å². The molecule has 0 aromatic heterocycles. The molecule has 39 heavy (non-hydrogen) atoms. The minimum atomic E-state index is -0.872. The second-order valence-electron chi connectivity index (χ2n) is 11.7. The van der Waals surface area contributed by atoms with Crippen molar-refractivity contribution in [3.63, 3.8) is 0 Å². The fourth-order valence-corrected chi connectivity index (χ4v) is 4.73. The van der Waals surface area contributed by atoms with Gasteiger partial charge in [0.05, 0.1) is 7.11 Å². The van der Waals surface area contributed by atoms with Crippen molar-refractivity contribution in [2.75, 3.05) is 12.4 Å². The second-order valence-corrected chi connectivity index (χ2v) is 11.7. The molecule has 8 nitrogen and oxygen atoms in total. The van der Waals surface area contributed by atoms with Crippen molar-refractivity contribution in [3.8, 4) is 5.75 Å². The summed E-state index contributed by atoms with van der Waals surface area (Å²) in [7, 11) is 1.59. The number of rotatable bonds is 10. The number of ether oxygens (including phenoxy) is 2. The zero-order valence-corrected chi connectivity index (χ0v) is 24.5. The smallest absolute Gasteiger partial charge is 0.408 e. The summed E-state index contributed by atoms with van der Waals surface area (Å²) in [6, 6.07) is 11.1. The van der Waals surface area contributed by atoms with E-state index >= 15 is 0 Å². The van der Waals surface area contributed by atoms with E-state index in [-0.39, 0.29) is 23.8 Å². The number of hydrogen-bond donors (Lipinski definition) is 2. The van der Waals surface area contributed by atoms with Crippen LogP contribution in [0.5, 0.6) is 5.75 Å². The third-order valence-corrected chi connectivity index (χ3v) is 6.59. The number of benzene rings is 2. The molecule has 0 bridgehead atoms. The average molecular weight is 538 g/mol. The SMILES string of the molecule is COc1ccc(NC(=O)C(c2c(C)cccc2C)N(C(=O)C(CC(C)C)NC(=O)OC(C)(C)C)C2CC2)cc1. The number of carbonyl (C=O) groups is 3. The number of aryl methyl sites for hydroxylation is 2. The lowest BCUT2D eigenvalue weighted by molar-refractivity contribution is -0.141. The molecule has 0 radical (unpaired) electrons. The van der Waals surface area contributed by atoms with Gasteiger partial charge in [0.2, 0.25) is 5.91 Å². The Hall–Kier alpha value is -3.55. The van der Waals surface area contributed by atoms with Crippen LogP contribution >= 0.6 is 0 Å². The molecular weight excluding hydrogens is 494 g/mol. The van der Waals surface area contributed by atoms with Crippen molar-refractivity contribution in [1.29, 1.82) is 0 Å². The highest BCUT2D eigenvalue weighted by atomic mass is 16.6. The number of hydrogen-bond acceptors (Lipinski definition) is 5. The molecule has 0 heterocycles. The van der Waals surface area contributed by atoms with Crippen LogP contribution in [0.25, 0.3) is 0 Å². The van der Waals surface area contributed by atoms with Crippen LogP contribution < -0.4 is 15.4 Å². The van der Waals surface area contributed by atoms with Crippen LogP contribution in [0.4, 0.5) is 10.5 Å². The van der Waals surface area contributed by atoms with Gasteiger partial charge in [0.25, 0.3) is 5.91 Å². The summed E-state index contributed by atoms with van der Waals surface area (Å²) in [6.07, 6.45) is 1.36. The van der Waals surface area contributed by atoms with Gasteiger partial charge in [-0.15, -0.1) is 0 Å².